The van der Waals surface area contributed by atoms with Crippen molar-refractivity contribution >= 4 is 23.5 Å². The number of phenolic OH excluding ortho intramolecular Hbond substituents is 1. The second kappa shape index (κ2) is 12.3. The quantitative estimate of drug-likeness (QED) is 0.468. The van der Waals surface area contributed by atoms with E-state index in [1.807, 2.05) is 0 Å². The third-order valence-electron chi connectivity index (χ3n) is 6.63. The Labute approximate surface area is 206 Å². The summed E-state index contributed by atoms with van der Waals surface area (Å²) in [6.07, 6.45) is 2.42. The molecule has 2 heterocycles. The topological polar surface area (TPSA) is 123 Å². The summed E-state index contributed by atoms with van der Waals surface area (Å²) in [6, 6.07) is 3.25. The molecule has 0 amide bonds. The van der Waals surface area contributed by atoms with E-state index in [4.69, 9.17) is 4.74 Å². The summed E-state index contributed by atoms with van der Waals surface area (Å²) < 4.78 is 5.57. The van der Waals surface area contributed by atoms with Crippen molar-refractivity contribution in [1.82, 2.24) is 9.80 Å². The largest absolute Gasteiger partial charge is 0.507 e. The summed E-state index contributed by atoms with van der Waals surface area (Å²) in [6.45, 7) is 9.06. The van der Waals surface area contributed by atoms with Gasteiger partial charge in [-0.1, -0.05) is 25.2 Å². The number of nitrogens with zero attached hydrogens (tertiary/aromatic N) is 2. The van der Waals surface area contributed by atoms with Crippen LogP contribution in [-0.4, -0.2) is 102 Å². The van der Waals surface area contributed by atoms with E-state index < -0.39 is 30.1 Å². The van der Waals surface area contributed by atoms with Crippen molar-refractivity contribution in [3.05, 3.63) is 41.5 Å². The molecule has 9 nitrogen and oxygen atoms in total. The lowest BCUT2D eigenvalue weighted by atomic mass is 9.99. The number of hydrogen-bond acceptors (Lipinski definition) is 9. The van der Waals surface area contributed by atoms with Crippen LogP contribution in [0.15, 0.2) is 30.4 Å². The predicted octanol–water partition coefficient (Wildman–Crippen LogP) is 1.50. The number of likely N-dealkylation sites (N-methyl/N-ethyl adjacent to an activating group) is 1. The number of ketones is 1. The zero-order valence-corrected chi connectivity index (χ0v) is 20.7. The van der Waals surface area contributed by atoms with E-state index in [0.29, 0.717) is 17.8 Å². The number of esters is 1. The Morgan fingerprint density at radius 2 is 1.80 bits per heavy atom. The number of fused-ring (bicyclic) bond motifs is 1. The normalized spacial score (nSPS) is 29.1. The maximum Gasteiger partial charge on any atom is 0.342 e. The molecule has 4 atom stereocenters. The molecule has 192 valence electrons. The molecular weight excluding hydrogens is 450 g/mol. The van der Waals surface area contributed by atoms with Gasteiger partial charge in [-0.05, 0) is 38.1 Å². The molecule has 0 saturated carbocycles. The van der Waals surface area contributed by atoms with Crippen LogP contribution in [0.25, 0.3) is 6.08 Å². The summed E-state index contributed by atoms with van der Waals surface area (Å²) in [5.41, 5.74) is 1.09. The Morgan fingerprint density at radius 1 is 1.09 bits per heavy atom. The average molecular weight is 488 g/mol. The summed E-state index contributed by atoms with van der Waals surface area (Å²) in [5, 5.41) is 34.4. The Bertz CT molecular complexity index is 955. The number of phenols is 1. The summed E-state index contributed by atoms with van der Waals surface area (Å²) >= 11 is 0. The number of carbonyl (C=O) groups excluding carboxylic acids is 2. The number of aliphatic hydroxyl groups is 2. The number of nitrogens with one attached hydrogen (secondary N) is 1. The van der Waals surface area contributed by atoms with E-state index in [1.165, 1.54) is 18.2 Å². The monoisotopic (exact) mass is 487 g/mol. The van der Waals surface area contributed by atoms with E-state index in [1.54, 1.807) is 32.1 Å². The number of carbonyl (C=O) groups is 2. The molecule has 2 aliphatic rings. The SMILES string of the molecule is C[C@@H]1/C=C\C(=O)[C@@H](O)[C@@H](O)C/C=C/c2cc(NCCN3CCN(C)CC3)cc(O)c2C(=O)O[C@H]1C. The molecule has 3 rings (SSSR count). The van der Waals surface area contributed by atoms with Crippen molar-refractivity contribution in [3.8, 4) is 5.75 Å². The van der Waals surface area contributed by atoms with Crippen LogP contribution in [-0.2, 0) is 9.53 Å². The van der Waals surface area contributed by atoms with Crippen LogP contribution in [0.4, 0.5) is 5.69 Å². The van der Waals surface area contributed by atoms with Gasteiger partial charge in [-0.15, -0.1) is 0 Å². The molecule has 1 fully saturated rings. The van der Waals surface area contributed by atoms with Gasteiger partial charge in [-0.2, -0.15) is 0 Å². The van der Waals surface area contributed by atoms with Crippen LogP contribution in [0, 0.1) is 5.92 Å². The first-order valence-corrected chi connectivity index (χ1v) is 12.1. The van der Waals surface area contributed by atoms with Gasteiger partial charge in [0, 0.05) is 56.9 Å². The molecule has 0 aromatic heterocycles. The number of cyclic esters (lactones) is 1. The molecule has 9 heteroatoms. The number of aliphatic hydroxyl groups excluding tert-OH is 2. The summed E-state index contributed by atoms with van der Waals surface area (Å²) in [5.74, 6) is -1.83. The second-order valence-electron chi connectivity index (χ2n) is 9.41. The molecule has 1 saturated heterocycles. The lowest BCUT2D eigenvalue weighted by molar-refractivity contribution is -0.127. The molecule has 1 aromatic rings. The first-order chi connectivity index (χ1) is 16.7. The van der Waals surface area contributed by atoms with Gasteiger partial charge in [-0.25, -0.2) is 4.79 Å². The number of aromatic hydroxyl groups is 1. The fourth-order valence-electron chi connectivity index (χ4n) is 4.02. The van der Waals surface area contributed by atoms with Gasteiger partial charge < -0.3 is 30.3 Å². The maximum atomic E-state index is 13.0. The first kappa shape index (κ1) is 26.9. The Morgan fingerprint density at radius 3 is 2.51 bits per heavy atom. The number of rotatable bonds is 4. The van der Waals surface area contributed by atoms with E-state index >= 15 is 0 Å². The number of ether oxygens (including phenoxy) is 1. The van der Waals surface area contributed by atoms with Gasteiger partial charge in [0.2, 0.25) is 0 Å². The Kier molecular flexibility index (Phi) is 9.45. The molecule has 0 spiro atoms. The van der Waals surface area contributed by atoms with Gasteiger partial charge in [0.05, 0.1) is 6.10 Å². The number of piperazine rings is 1. The number of hydrogen-bond donors (Lipinski definition) is 4. The lowest BCUT2D eigenvalue weighted by Crippen LogP contribution is -2.45. The molecule has 0 bridgehead atoms. The van der Waals surface area contributed by atoms with Crippen molar-refractivity contribution in [2.45, 2.75) is 38.6 Å². The van der Waals surface area contributed by atoms with E-state index in [-0.39, 0.29) is 23.7 Å². The van der Waals surface area contributed by atoms with Gasteiger partial charge in [0.15, 0.2) is 5.78 Å². The van der Waals surface area contributed by atoms with Gasteiger partial charge in [0.25, 0.3) is 0 Å². The zero-order valence-electron chi connectivity index (χ0n) is 20.7. The van der Waals surface area contributed by atoms with Crippen LogP contribution >= 0.6 is 0 Å². The molecule has 1 aromatic carbocycles. The fraction of sp³-hybridized carbons (Fsp3) is 0.538. The van der Waals surface area contributed by atoms with Crippen LogP contribution in [0.1, 0.15) is 36.2 Å². The highest BCUT2D eigenvalue weighted by Crippen LogP contribution is 2.30. The minimum Gasteiger partial charge on any atom is -0.507 e. The number of anilines is 1. The van der Waals surface area contributed by atoms with Crippen LogP contribution in [0.3, 0.4) is 0 Å². The third kappa shape index (κ3) is 7.38. The molecule has 35 heavy (non-hydrogen) atoms. The minimum atomic E-state index is -1.56. The van der Waals surface area contributed by atoms with E-state index in [9.17, 15) is 24.9 Å². The van der Waals surface area contributed by atoms with E-state index in [0.717, 1.165) is 32.7 Å². The van der Waals surface area contributed by atoms with Crippen LogP contribution in [0.2, 0.25) is 0 Å². The maximum absolute atomic E-state index is 13.0. The third-order valence-corrected chi connectivity index (χ3v) is 6.63. The minimum absolute atomic E-state index is 0.0109. The highest BCUT2D eigenvalue weighted by Gasteiger charge is 2.25. The first-order valence-electron chi connectivity index (χ1n) is 12.1. The molecule has 0 radical (unpaired) electrons. The standard InChI is InChI=1S/C26H37N3O6/c1-17-7-8-22(31)25(33)21(30)6-4-5-19-15-20(16-23(32)24(19)26(34)35-18(17)2)27-9-10-29-13-11-28(3)12-14-29/h4-5,7-8,15-18,21,25,27,30,32-33H,6,9-14H2,1-3H3/b5-4+,8-7-/t17-,18+,21+,25+/m1/s1. The average Bonchev–Trinajstić information content (AvgIpc) is 2.82. The summed E-state index contributed by atoms with van der Waals surface area (Å²) in [4.78, 5) is 29.8. The Hall–Kier alpha value is -2.72. The second-order valence-corrected chi connectivity index (χ2v) is 9.41. The molecule has 0 aliphatic carbocycles. The van der Waals surface area contributed by atoms with Crippen LogP contribution < -0.4 is 5.32 Å². The van der Waals surface area contributed by atoms with Crippen molar-refractivity contribution in [2.75, 3.05) is 51.6 Å². The molecule has 4 N–H and O–H groups in total. The predicted molar refractivity (Wildman–Crippen MR) is 134 cm³/mol. The molecule has 2 aliphatic heterocycles. The summed E-state index contributed by atoms with van der Waals surface area (Å²) in [7, 11) is 2.11. The van der Waals surface area contributed by atoms with Gasteiger partial charge in [0.1, 0.15) is 23.5 Å². The number of benzene rings is 1. The molecular formula is C26H37N3O6. The highest BCUT2D eigenvalue weighted by molar-refractivity contribution is 5.97. The van der Waals surface area contributed by atoms with E-state index in [2.05, 4.69) is 22.2 Å². The Balaban J connectivity index is 1.81. The van der Waals surface area contributed by atoms with Crippen molar-refractivity contribution in [1.29, 1.82) is 0 Å². The van der Waals surface area contributed by atoms with Crippen LogP contribution in [0.5, 0.6) is 5.75 Å². The zero-order chi connectivity index (χ0) is 25.5. The van der Waals surface area contributed by atoms with Crippen molar-refractivity contribution in [3.63, 3.8) is 0 Å². The molecule has 0 unspecified atom stereocenters. The van der Waals surface area contributed by atoms with Crippen molar-refractivity contribution in [2.24, 2.45) is 5.92 Å². The van der Waals surface area contributed by atoms with Gasteiger partial charge >= 0.3 is 5.97 Å². The van der Waals surface area contributed by atoms with Gasteiger partial charge in [-0.3, -0.25) is 9.69 Å². The lowest BCUT2D eigenvalue weighted by Gasteiger charge is -2.32. The highest BCUT2D eigenvalue weighted by atomic mass is 16.5. The smallest absolute Gasteiger partial charge is 0.342 e. The van der Waals surface area contributed by atoms with Crippen molar-refractivity contribution < 1.29 is 29.6 Å². The fourth-order valence-corrected chi connectivity index (χ4v) is 4.02.